The van der Waals surface area contributed by atoms with Crippen molar-refractivity contribution in [2.75, 3.05) is 17.7 Å². The number of halogens is 2. The van der Waals surface area contributed by atoms with Crippen molar-refractivity contribution in [3.8, 4) is 5.75 Å². The maximum Gasteiger partial charge on any atom is 0.221 e. The first-order valence-corrected chi connectivity index (χ1v) is 8.24. The second-order valence-corrected chi connectivity index (χ2v) is 6.24. The highest BCUT2D eigenvalue weighted by Crippen LogP contribution is 2.34. The minimum absolute atomic E-state index is 0.0355. The molecule has 1 heterocycles. The molecule has 0 aliphatic carbocycles. The largest absolute Gasteiger partial charge is 0.495 e. The van der Waals surface area contributed by atoms with E-state index in [0.29, 0.717) is 28.5 Å². The van der Waals surface area contributed by atoms with Gasteiger partial charge in [-0.15, -0.1) is 0 Å². The van der Waals surface area contributed by atoms with Crippen LogP contribution in [0.15, 0.2) is 36.5 Å². The molecule has 0 spiro atoms. The summed E-state index contributed by atoms with van der Waals surface area (Å²) in [5.74, 6) is 0.451. The molecule has 0 bridgehead atoms. The average Bonchev–Trinajstić information content (AvgIpc) is 2.59. The van der Waals surface area contributed by atoms with Gasteiger partial charge in [0, 0.05) is 24.2 Å². The van der Waals surface area contributed by atoms with Crippen LogP contribution in [0.4, 0.5) is 21.6 Å². The second-order valence-electron chi connectivity index (χ2n) is 5.83. The van der Waals surface area contributed by atoms with E-state index in [-0.39, 0.29) is 10.9 Å². The van der Waals surface area contributed by atoms with E-state index in [1.807, 2.05) is 12.1 Å². The molecule has 7 heteroatoms. The van der Waals surface area contributed by atoms with E-state index in [2.05, 4.69) is 15.6 Å². The summed E-state index contributed by atoms with van der Waals surface area (Å²) in [5.41, 5.74) is 1.59. The fourth-order valence-corrected chi connectivity index (χ4v) is 2.96. The van der Waals surface area contributed by atoms with Gasteiger partial charge in [0.25, 0.3) is 0 Å². The molecule has 0 atom stereocenters. The number of aryl methyl sites for hydroxylation is 1. The number of hydrogen-bond donors (Lipinski definition) is 2. The molecule has 0 radical (unpaired) electrons. The first-order chi connectivity index (χ1) is 12.4. The van der Waals surface area contributed by atoms with Gasteiger partial charge in [0.05, 0.1) is 17.8 Å². The molecular weight excluding hydrogens is 357 g/mol. The van der Waals surface area contributed by atoms with E-state index in [0.717, 1.165) is 10.8 Å². The predicted octanol–water partition coefficient (Wildman–Crippen LogP) is 5.05. The van der Waals surface area contributed by atoms with Crippen LogP contribution in [0.1, 0.15) is 12.5 Å². The predicted molar refractivity (Wildman–Crippen MR) is 102 cm³/mol. The number of hydrogen-bond acceptors (Lipinski definition) is 4. The summed E-state index contributed by atoms with van der Waals surface area (Å²) in [5, 5.41) is 7.58. The lowest BCUT2D eigenvalue weighted by Gasteiger charge is -2.14. The van der Waals surface area contributed by atoms with E-state index < -0.39 is 5.82 Å². The number of benzene rings is 2. The minimum atomic E-state index is -0.444. The van der Waals surface area contributed by atoms with Crippen molar-refractivity contribution in [2.45, 2.75) is 13.8 Å². The number of nitrogens with zero attached hydrogens (tertiary/aromatic N) is 1. The van der Waals surface area contributed by atoms with Gasteiger partial charge >= 0.3 is 0 Å². The standard InChI is InChI=1S/C19H17ClFN3O2/c1-10-6-13(8-15(20)18(10)21)24-19-14-9-16(23-11(2)25)17(26-3)7-12(14)4-5-22-19/h4-9H,1-3H3,(H,22,24)(H,23,25). The number of amides is 1. The van der Waals surface area contributed by atoms with Gasteiger partial charge in [-0.05, 0) is 48.2 Å². The number of carbonyl (C=O) groups excluding carboxylic acids is 1. The Labute approximate surface area is 155 Å². The summed E-state index contributed by atoms with van der Waals surface area (Å²) in [6.45, 7) is 3.07. The SMILES string of the molecule is COc1cc2ccnc(Nc3cc(C)c(F)c(Cl)c3)c2cc1NC(C)=O. The Morgan fingerprint density at radius 3 is 2.69 bits per heavy atom. The van der Waals surface area contributed by atoms with Crippen LogP contribution in [-0.2, 0) is 4.79 Å². The number of anilines is 3. The molecule has 3 aromatic rings. The number of aromatic nitrogens is 1. The fraction of sp³-hybridized carbons (Fsp3) is 0.158. The van der Waals surface area contributed by atoms with Crippen molar-refractivity contribution in [1.29, 1.82) is 0 Å². The number of nitrogens with one attached hydrogen (secondary N) is 2. The van der Waals surface area contributed by atoms with Crippen LogP contribution < -0.4 is 15.4 Å². The second kappa shape index (κ2) is 7.17. The molecule has 0 aliphatic rings. The number of fused-ring (bicyclic) bond motifs is 1. The number of pyridine rings is 1. The maximum atomic E-state index is 13.7. The first-order valence-electron chi connectivity index (χ1n) is 7.86. The third-order valence-electron chi connectivity index (χ3n) is 3.87. The smallest absolute Gasteiger partial charge is 0.221 e. The summed E-state index contributed by atoms with van der Waals surface area (Å²) < 4.78 is 19.1. The normalized spacial score (nSPS) is 10.7. The Bertz CT molecular complexity index is 984. The quantitative estimate of drug-likeness (QED) is 0.672. The van der Waals surface area contributed by atoms with Gasteiger partial charge < -0.3 is 15.4 Å². The number of ether oxygens (including phenoxy) is 1. The molecule has 2 N–H and O–H groups in total. The van der Waals surface area contributed by atoms with Crippen LogP contribution in [0.5, 0.6) is 5.75 Å². The Balaban J connectivity index is 2.10. The topological polar surface area (TPSA) is 63.2 Å². The molecule has 0 fully saturated rings. The molecule has 134 valence electrons. The van der Waals surface area contributed by atoms with Crippen molar-refractivity contribution in [1.82, 2.24) is 4.98 Å². The highest BCUT2D eigenvalue weighted by molar-refractivity contribution is 6.31. The molecule has 5 nitrogen and oxygen atoms in total. The Morgan fingerprint density at radius 2 is 2.04 bits per heavy atom. The van der Waals surface area contributed by atoms with Crippen LogP contribution in [0.2, 0.25) is 5.02 Å². The molecule has 2 aromatic carbocycles. The van der Waals surface area contributed by atoms with Crippen molar-refractivity contribution >= 4 is 45.5 Å². The minimum Gasteiger partial charge on any atom is -0.495 e. The zero-order chi connectivity index (χ0) is 18.8. The third-order valence-corrected chi connectivity index (χ3v) is 4.14. The van der Waals surface area contributed by atoms with E-state index in [4.69, 9.17) is 16.3 Å². The molecule has 0 unspecified atom stereocenters. The van der Waals surface area contributed by atoms with Crippen LogP contribution in [0.25, 0.3) is 10.8 Å². The maximum absolute atomic E-state index is 13.7. The van der Waals surface area contributed by atoms with Gasteiger partial charge in [-0.3, -0.25) is 4.79 Å². The first kappa shape index (κ1) is 17.9. The lowest BCUT2D eigenvalue weighted by molar-refractivity contribution is -0.114. The summed E-state index contributed by atoms with van der Waals surface area (Å²) in [7, 11) is 1.54. The van der Waals surface area contributed by atoms with E-state index in [9.17, 15) is 9.18 Å². The molecule has 3 rings (SSSR count). The highest BCUT2D eigenvalue weighted by Gasteiger charge is 2.12. The Hall–Kier alpha value is -2.86. The van der Waals surface area contributed by atoms with Crippen LogP contribution in [0.3, 0.4) is 0 Å². The van der Waals surface area contributed by atoms with Gasteiger partial charge in [0.1, 0.15) is 17.4 Å². The zero-order valence-electron chi connectivity index (χ0n) is 14.5. The molecule has 0 aliphatic heterocycles. The average molecular weight is 374 g/mol. The highest BCUT2D eigenvalue weighted by atomic mass is 35.5. The van der Waals surface area contributed by atoms with Gasteiger partial charge in [0.15, 0.2) is 0 Å². The van der Waals surface area contributed by atoms with Gasteiger partial charge in [-0.1, -0.05) is 11.6 Å². The molecule has 1 aromatic heterocycles. The van der Waals surface area contributed by atoms with Gasteiger partial charge in [-0.2, -0.15) is 0 Å². The van der Waals surface area contributed by atoms with Crippen molar-refractivity contribution in [3.63, 3.8) is 0 Å². The molecule has 0 saturated carbocycles. The summed E-state index contributed by atoms with van der Waals surface area (Å²) >= 11 is 5.93. The molecule has 1 amide bonds. The van der Waals surface area contributed by atoms with E-state index in [1.165, 1.54) is 20.1 Å². The lowest BCUT2D eigenvalue weighted by Crippen LogP contribution is -2.07. The van der Waals surface area contributed by atoms with Crippen molar-refractivity contribution in [2.24, 2.45) is 0 Å². The Morgan fingerprint density at radius 1 is 1.27 bits per heavy atom. The lowest BCUT2D eigenvalue weighted by atomic mass is 10.1. The number of rotatable bonds is 4. The van der Waals surface area contributed by atoms with Crippen LogP contribution in [0, 0.1) is 12.7 Å². The zero-order valence-corrected chi connectivity index (χ0v) is 15.2. The summed E-state index contributed by atoms with van der Waals surface area (Å²) in [4.78, 5) is 15.8. The van der Waals surface area contributed by atoms with Crippen LogP contribution >= 0.6 is 11.6 Å². The van der Waals surface area contributed by atoms with Crippen LogP contribution in [-0.4, -0.2) is 18.0 Å². The summed E-state index contributed by atoms with van der Waals surface area (Å²) in [6.07, 6.45) is 1.65. The molecule has 0 saturated heterocycles. The molecular formula is C19H17ClFN3O2. The monoisotopic (exact) mass is 373 g/mol. The van der Waals surface area contributed by atoms with Gasteiger partial charge in [0.2, 0.25) is 5.91 Å². The number of carbonyl (C=O) groups is 1. The fourth-order valence-electron chi connectivity index (χ4n) is 2.69. The number of methoxy groups -OCH3 is 1. The summed E-state index contributed by atoms with van der Waals surface area (Å²) in [6, 6.07) is 8.59. The van der Waals surface area contributed by atoms with E-state index >= 15 is 0 Å². The Kier molecular flexibility index (Phi) is 4.95. The van der Waals surface area contributed by atoms with E-state index in [1.54, 1.807) is 25.3 Å². The van der Waals surface area contributed by atoms with Gasteiger partial charge in [-0.25, -0.2) is 9.37 Å². The van der Waals surface area contributed by atoms with Crippen molar-refractivity contribution < 1.29 is 13.9 Å². The third kappa shape index (κ3) is 3.55. The van der Waals surface area contributed by atoms with Crippen molar-refractivity contribution in [3.05, 3.63) is 52.9 Å². The molecule has 26 heavy (non-hydrogen) atoms.